The second-order valence-corrected chi connectivity index (χ2v) is 8.45. The summed E-state index contributed by atoms with van der Waals surface area (Å²) in [6.45, 7) is 2.99. The second-order valence-electron chi connectivity index (χ2n) is 8.45. The molecule has 2 saturated heterocycles. The zero-order valence-corrected chi connectivity index (χ0v) is 17.4. The number of aliphatic hydroxyl groups is 1. The standard InChI is InChI=1S/C25H25NO5/c1-15-12-18-13-17(9-10-20(18)31-15)23(27)21-22(16-6-3-2-4-7-16)26(25(29)24(21)28)14-19-8-5-11-30-19/h2-4,6-7,9-10,13,15,19,22,27H,5,8,11-12,14H2,1H3. The van der Waals surface area contributed by atoms with Crippen LogP contribution in [-0.4, -0.2) is 47.1 Å². The summed E-state index contributed by atoms with van der Waals surface area (Å²) in [5.41, 5.74) is 2.43. The molecule has 3 aliphatic rings. The first kappa shape index (κ1) is 19.8. The highest BCUT2D eigenvalue weighted by atomic mass is 16.5. The second kappa shape index (κ2) is 7.85. The number of likely N-dealkylation sites (tertiary alicyclic amines) is 1. The fourth-order valence-corrected chi connectivity index (χ4v) is 4.78. The van der Waals surface area contributed by atoms with Crippen molar-refractivity contribution in [2.75, 3.05) is 13.2 Å². The van der Waals surface area contributed by atoms with Crippen LogP contribution in [0.4, 0.5) is 0 Å². The monoisotopic (exact) mass is 419 g/mol. The topological polar surface area (TPSA) is 76.1 Å². The van der Waals surface area contributed by atoms with Crippen molar-refractivity contribution in [3.63, 3.8) is 0 Å². The number of ether oxygens (including phenoxy) is 2. The number of benzene rings is 2. The Morgan fingerprint density at radius 3 is 2.71 bits per heavy atom. The van der Waals surface area contributed by atoms with Gasteiger partial charge in [0.1, 0.15) is 17.6 Å². The number of rotatable bonds is 4. The van der Waals surface area contributed by atoms with Gasteiger partial charge in [-0.25, -0.2) is 0 Å². The molecule has 2 aromatic rings. The van der Waals surface area contributed by atoms with Crippen molar-refractivity contribution in [1.82, 2.24) is 4.90 Å². The predicted octanol–water partition coefficient (Wildman–Crippen LogP) is 3.61. The first-order valence-corrected chi connectivity index (χ1v) is 10.8. The van der Waals surface area contributed by atoms with Crippen LogP contribution in [0, 0.1) is 0 Å². The maximum Gasteiger partial charge on any atom is 0.295 e. The Balaban J connectivity index is 1.59. The van der Waals surface area contributed by atoms with Crippen molar-refractivity contribution >= 4 is 17.4 Å². The Labute approximate surface area is 181 Å². The summed E-state index contributed by atoms with van der Waals surface area (Å²) < 4.78 is 11.5. The zero-order valence-electron chi connectivity index (χ0n) is 17.4. The Morgan fingerprint density at radius 1 is 1.16 bits per heavy atom. The number of Topliss-reactive ketones (excluding diaryl/α,β-unsaturated/α-hetero) is 1. The Bertz CT molecular complexity index is 1050. The summed E-state index contributed by atoms with van der Waals surface area (Å²) in [5.74, 6) is -0.606. The van der Waals surface area contributed by atoms with Gasteiger partial charge in [0.05, 0.1) is 17.7 Å². The van der Waals surface area contributed by atoms with Gasteiger partial charge in [-0.05, 0) is 49.1 Å². The van der Waals surface area contributed by atoms with Crippen LogP contribution in [0.15, 0.2) is 54.1 Å². The molecule has 3 unspecified atom stereocenters. The average Bonchev–Trinajstić information content (AvgIpc) is 3.48. The maximum absolute atomic E-state index is 13.1. The number of fused-ring (bicyclic) bond motifs is 1. The SMILES string of the molecule is CC1Cc2cc(C(O)=C3C(=O)C(=O)N(CC4CCCO4)C3c3ccccc3)ccc2O1. The summed E-state index contributed by atoms with van der Waals surface area (Å²) in [5, 5.41) is 11.2. The minimum atomic E-state index is -0.658. The van der Waals surface area contributed by atoms with E-state index >= 15 is 0 Å². The largest absolute Gasteiger partial charge is 0.507 e. The van der Waals surface area contributed by atoms with Crippen molar-refractivity contribution < 1.29 is 24.2 Å². The summed E-state index contributed by atoms with van der Waals surface area (Å²) in [4.78, 5) is 27.7. The Morgan fingerprint density at radius 2 is 1.97 bits per heavy atom. The van der Waals surface area contributed by atoms with Crippen LogP contribution in [0.3, 0.4) is 0 Å². The van der Waals surface area contributed by atoms with E-state index in [1.54, 1.807) is 11.0 Å². The van der Waals surface area contributed by atoms with Crippen molar-refractivity contribution in [2.24, 2.45) is 0 Å². The normalized spacial score (nSPS) is 26.9. The molecule has 2 aromatic carbocycles. The van der Waals surface area contributed by atoms with Gasteiger partial charge in [0.15, 0.2) is 0 Å². The van der Waals surface area contributed by atoms with Gasteiger partial charge in [-0.1, -0.05) is 30.3 Å². The molecule has 2 fully saturated rings. The smallest absolute Gasteiger partial charge is 0.295 e. The molecule has 0 spiro atoms. The van der Waals surface area contributed by atoms with Crippen LogP contribution in [0.5, 0.6) is 5.75 Å². The maximum atomic E-state index is 13.1. The lowest BCUT2D eigenvalue weighted by atomic mass is 9.94. The van der Waals surface area contributed by atoms with E-state index in [1.165, 1.54) is 0 Å². The number of aliphatic hydroxyl groups excluding tert-OH is 1. The molecular weight excluding hydrogens is 394 g/mol. The third kappa shape index (κ3) is 3.51. The molecule has 0 aliphatic carbocycles. The summed E-state index contributed by atoms with van der Waals surface area (Å²) >= 11 is 0. The molecular formula is C25H25NO5. The van der Waals surface area contributed by atoms with E-state index in [9.17, 15) is 14.7 Å². The predicted molar refractivity (Wildman–Crippen MR) is 115 cm³/mol. The Kier molecular flexibility index (Phi) is 5.02. The van der Waals surface area contributed by atoms with Crippen LogP contribution in [0.2, 0.25) is 0 Å². The molecule has 3 atom stereocenters. The highest BCUT2D eigenvalue weighted by molar-refractivity contribution is 6.46. The lowest BCUT2D eigenvalue weighted by Gasteiger charge is -2.27. The molecule has 31 heavy (non-hydrogen) atoms. The molecule has 0 radical (unpaired) electrons. The number of nitrogens with zero attached hydrogens (tertiary/aromatic N) is 1. The molecule has 0 aromatic heterocycles. The van der Waals surface area contributed by atoms with Crippen molar-refractivity contribution in [3.8, 4) is 5.75 Å². The Hall–Kier alpha value is -3.12. The van der Waals surface area contributed by atoms with Gasteiger partial charge in [0, 0.05) is 25.1 Å². The quantitative estimate of drug-likeness (QED) is 0.466. The highest BCUT2D eigenvalue weighted by Crippen LogP contribution is 2.41. The molecule has 0 saturated carbocycles. The van der Waals surface area contributed by atoms with Crippen molar-refractivity contribution in [1.29, 1.82) is 0 Å². The molecule has 5 rings (SSSR count). The van der Waals surface area contributed by atoms with E-state index in [4.69, 9.17) is 9.47 Å². The minimum Gasteiger partial charge on any atom is -0.507 e. The van der Waals surface area contributed by atoms with Gasteiger partial charge in [-0.3, -0.25) is 9.59 Å². The zero-order chi connectivity index (χ0) is 21.5. The van der Waals surface area contributed by atoms with Crippen molar-refractivity contribution in [2.45, 2.75) is 44.4 Å². The average molecular weight is 419 g/mol. The van der Waals surface area contributed by atoms with E-state index in [0.717, 1.165) is 36.1 Å². The van der Waals surface area contributed by atoms with Crippen LogP contribution >= 0.6 is 0 Å². The molecule has 6 nitrogen and oxygen atoms in total. The van der Waals surface area contributed by atoms with Gasteiger partial charge in [-0.2, -0.15) is 0 Å². The third-order valence-electron chi connectivity index (χ3n) is 6.25. The van der Waals surface area contributed by atoms with Gasteiger partial charge < -0.3 is 19.5 Å². The van der Waals surface area contributed by atoms with E-state index in [0.29, 0.717) is 18.7 Å². The molecule has 0 bridgehead atoms. The molecule has 3 aliphatic heterocycles. The number of ketones is 1. The third-order valence-corrected chi connectivity index (χ3v) is 6.25. The van der Waals surface area contributed by atoms with Gasteiger partial charge in [0.25, 0.3) is 11.7 Å². The number of hydrogen-bond acceptors (Lipinski definition) is 5. The van der Waals surface area contributed by atoms with E-state index < -0.39 is 17.7 Å². The van der Waals surface area contributed by atoms with E-state index in [2.05, 4.69) is 0 Å². The lowest BCUT2D eigenvalue weighted by Crippen LogP contribution is -2.36. The van der Waals surface area contributed by atoms with Crippen LogP contribution in [0.1, 0.15) is 42.5 Å². The van der Waals surface area contributed by atoms with Gasteiger partial charge in [0.2, 0.25) is 0 Å². The fourth-order valence-electron chi connectivity index (χ4n) is 4.78. The number of amides is 1. The summed E-state index contributed by atoms with van der Waals surface area (Å²) in [6.07, 6.45) is 2.52. The van der Waals surface area contributed by atoms with E-state index in [-0.39, 0.29) is 23.5 Å². The first-order chi connectivity index (χ1) is 15.0. The van der Waals surface area contributed by atoms with Gasteiger partial charge >= 0.3 is 0 Å². The lowest BCUT2D eigenvalue weighted by molar-refractivity contribution is -0.140. The van der Waals surface area contributed by atoms with Crippen molar-refractivity contribution in [3.05, 3.63) is 70.8 Å². The minimum absolute atomic E-state index is 0.0775. The van der Waals surface area contributed by atoms with Crippen LogP contribution in [0.25, 0.3) is 5.76 Å². The highest BCUT2D eigenvalue weighted by Gasteiger charge is 2.47. The molecule has 1 N–H and O–H groups in total. The molecule has 1 amide bonds. The first-order valence-electron chi connectivity index (χ1n) is 10.8. The summed E-state index contributed by atoms with van der Waals surface area (Å²) in [7, 11) is 0. The van der Waals surface area contributed by atoms with Crippen LogP contribution in [-0.2, 0) is 20.7 Å². The fraction of sp³-hybridized carbons (Fsp3) is 0.360. The number of carbonyl (C=O) groups excluding carboxylic acids is 2. The number of hydrogen-bond donors (Lipinski definition) is 1. The summed E-state index contributed by atoms with van der Waals surface area (Å²) in [6, 6.07) is 14.1. The molecule has 160 valence electrons. The van der Waals surface area contributed by atoms with Crippen LogP contribution < -0.4 is 4.74 Å². The molecule has 3 heterocycles. The molecule has 6 heteroatoms. The van der Waals surface area contributed by atoms with Gasteiger partial charge in [-0.15, -0.1) is 0 Å². The number of carbonyl (C=O) groups is 2. The van der Waals surface area contributed by atoms with E-state index in [1.807, 2.05) is 49.4 Å².